The molecule has 3 aromatic rings. The molecule has 0 aliphatic carbocycles. The number of para-hydroxylation sites is 2. The SMILES string of the molecule is CNc1cc(COC)nc(Cc2nc3ccccc3[nH]2)n1. The number of imidazole rings is 1. The largest absolute Gasteiger partial charge is 0.378 e. The van der Waals surface area contributed by atoms with Crippen LogP contribution in [0.5, 0.6) is 0 Å². The van der Waals surface area contributed by atoms with Gasteiger partial charge in [0.25, 0.3) is 0 Å². The van der Waals surface area contributed by atoms with Gasteiger partial charge in [0.2, 0.25) is 0 Å². The molecule has 108 valence electrons. The Balaban J connectivity index is 1.90. The Labute approximate surface area is 122 Å². The highest BCUT2D eigenvalue weighted by molar-refractivity contribution is 5.74. The fourth-order valence-electron chi connectivity index (χ4n) is 2.22. The summed E-state index contributed by atoms with van der Waals surface area (Å²) in [5.74, 6) is 2.35. The van der Waals surface area contributed by atoms with E-state index in [-0.39, 0.29) is 0 Å². The van der Waals surface area contributed by atoms with Gasteiger partial charge in [-0.2, -0.15) is 0 Å². The van der Waals surface area contributed by atoms with Gasteiger partial charge < -0.3 is 15.0 Å². The van der Waals surface area contributed by atoms with Gasteiger partial charge in [-0.1, -0.05) is 12.1 Å². The first-order valence-electron chi connectivity index (χ1n) is 6.75. The monoisotopic (exact) mass is 283 g/mol. The van der Waals surface area contributed by atoms with Gasteiger partial charge in [0, 0.05) is 20.2 Å². The fraction of sp³-hybridized carbons (Fsp3) is 0.267. The molecule has 6 nitrogen and oxygen atoms in total. The van der Waals surface area contributed by atoms with Crippen molar-refractivity contribution >= 4 is 16.9 Å². The molecule has 0 unspecified atom stereocenters. The molecule has 0 bridgehead atoms. The maximum absolute atomic E-state index is 5.14. The summed E-state index contributed by atoms with van der Waals surface area (Å²) in [6, 6.07) is 9.83. The van der Waals surface area contributed by atoms with Gasteiger partial charge in [-0.25, -0.2) is 15.0 Å². The Morgan fingerprint density at radius 3 is 2.81 bits per heavy atom. The van der Waals surface area contributed by atoms with E-state index < -0.39 is 0 Å². The second-order valence-electron chi connectivity index (χ2n) is 4.72. The van der Waals surface area contributed by atoms with E-state index in [2.05, 4.69) is 25.3 Å². The molecule has 2 N–H and O–H groups in total. The molecule has 2 heterocycles. The first-order chi connectivity index (χ1) is 10.3. The molecular formula is C15H17N5O. The number of nitrogens with one attached hydrogen (secondary N) is 2. The van der Waals surface area contributed by atoms with Gasteiger partial charge in [0.05, 0.1) is 29.8 Å². The van der Waals surface area contributed by atoms with Crippen molar-refractivity contribution in [1.82, 2.24) is 19.9 Å². The van der Waals surface area contributed by atoms with Crippen LogP contribution < -0.4 is 5.32 Å². The summed E-state index contributed by atoms with van der Waals surface area (Å²) in [4.78, 5) is 16.8. The lowest BCUT2D eigenvalue weighted by atomic mass is 10.3. The van der Waals surface area contributed by atoms with Crippen molar-refractivity contribution in [2.24, 2.45) is 0 Å². The Morgan fingerprint density at radius 2 is 2.05 bits per heavy atom. The van der Waals surface area contributed by atoms with Crippen molar-refractivity contribution in [2.45, 2.75) is 13.0 Å². The molecule has 21 heavy (non-hydrogen) atoms. The third-order valence-electron chi connectivity index (χ3n) is 3.14. The number of rotatable bonds is 5. The average molecular weight is 283 g/mol. The van der Waals surface area contributed by atoms with E-state index in [9.17, 15) is 0 Å². The molecule has 2 aromatic heterocycles. The van der Waals surface area contributed by atoms with Crippen LogP contribution >= 0.6 is 0 Å². The summed E-state index contributed by atoms with van der Waals surface area (Å²) in [6.45, 7) is 0.463. The molecule has 0 fully saturated rings. The molecule has 0 radical (unpaired) electrons. The van der Waals surface area contributed by atoms with E-state index in [1.165, 1.54) is 0 Å². The van der Waals surface area contributed by atoms with Gasteiger partial charge in [0.1, 0.15) is 17.5 Å². The van der Waals surface area contributed by atoms with Gasteiger partial charge >= 0.3 is 0 Å². The average Bonchev–Trinajstić information content (AvgIpc) is 2.89. The van der Waals surface area contributed by atoms with Crippen LogP contribution in [0.3, 0.4) is 0 Å². The summed E-state index contributed by atoms with van der Waals surface area (Å²) < 4.78 is 5.14. The molecule has 0 spiro atoms. The maximum Gasteiger partial charge on any atom is 0.138 e. The minimum atomic E-state index is 0.463. The molecule has 1 aromatic carbocycles. The number of H-pyrrole nitrogens is 1. The topological polar surface area (TPSA) is 75.7 Å². The normalized spacial score (nSPS) is 11.0. The molecule has 0 saturated carbocycles. The summed E-state index contributed by atoms with van der Waals surface area (Å²) in [6.07, 6.45) is 0.556. The van der Waals surface area contributed by atoms with E-state index in [0.717, 1.165) is 28.4 Å². The first kappa shape index (κ1) is 13.5. The zero-order valence-electron chi connectivity index (χ0n) is 12.1. The first-order valence-corrected chi connectivity index (χ1v) is 6.75. The highest BCUT2D eigenvalue weighted by Crippen LogP contribution is 2.14. The van der Waals surface area contributed by atoms with Gasteiger partial charge in [-0.15, -0.1) is 0 Å². The van der Waals surface area contributed by atoms with Crippen molar-refractivity contribution in [3.05, 3.63) is 47.7 Å². The second kappa shape index (κ2) is 5.88. The summed E-state index contributed by atoms with van der Waals surface area (Å²) >= 11 is 0. The quantitative estimate of drug-likeness (QED) is 0.750. The molecule has 0 saturated heterocycles. The van der Waals surface area contributed by atoms with Crippen LogP contribution in [-0.2, 0) is 17.8 Å². The minimum absolute atomic E-state index is 0.463. The number of ether oxygens (including phenoxy) is 1. The number of anilines is 1. The smallest absolute Gasteiger partial charge is 0.138 e. The van der Waals surface area contributed by atoms with Crippen LogP contribution in [0, 0.1) is 0 Å². The number of nitrogens with zero attached hydrogens (tertiary/aromatic N) is 3. The lowest BCUT2D eigenvalue weighted by Crippen LogP contribution is -2.05. The van der Waals surface area contributed by atoms with Crippen LogP contribution in [0.4, 0.5) is 5.82 Å². The van der Waals surface area contributed by atoms with Crippen LogP contribution in [-0.4, -0.2) is 34.1 Å². The van der Waals surface area contributed by atoms with Gasteiger partial charge in [-0.05, 0) is 12.1 Å². The fourth-order valence-corrected chi connectivity index (χ4v) is 2.22. The molecule has 0 amide bonds. The molecule has 3 rings (SSSR count). The predicted molar refractivity (Wildman–Crippen MR) is 81.2 cm³/mol. The highest BCUT2D eigenvalue weighted by Gasteiger charge is 2.08. The third-order valence-corrected chi connectivity index (χ3v) is 3.14. The Hall–Kier alpha value is -2.47. The van der Waals surface area contributed by atoms with Gasteiger partial charge in [0.15, 0.2) is 0 Å². The van der Waals surface area contributed by atoms with Crippen molar-refractivity contribution in [3.63, 3.8) is 0 Å². The zero-order valence-corrected chi connectivity index (χ0v) is 12.1. The molecule has 0 atom stereocenters. The van der Waals surface area contributed by atoms with E-state index >= 15 is 0 Å². The van der Waals surface area contributed by atoms with Crippen LogP contribution in [0.15, 0.2) is 30.3 Å². The second-order valence-corrected chi connectivity index (χ2v) is 4.72. The summed E-state index contributed by atoms with van der Waals surface area (Å²) in [5, 5.41) is 3.04. The standard InChI is InChI=1S/C15H17N5O/c1-16-13-7-10(9-21-2)17-14(20-13)8-15-18-11-5-3-4-6-12(11)19-15/h3-7H,8-9H2,1-2H3,(H,18,19)(H,16,17,20). The van der Waals surface area contributed by atoms with E-state index in [1.54, 1.807) is 7.11 Å². The van der Waals surface area contributed by atoms with E-state index in [0.29, 0.717) is 18.9 Å². The van der Waals surface area contributed by atoms with Crippen LogP contribution in [0.1, 0.15) is 17.3 Å². The van der Waals surface area contributed by atoms with E-state index in [4.69, 9.17) is 4.74 Å². The van der Waals surface area contributed by atoms with E-state index in [1.807, 2.05) is 37.4 Å². The number of benzene rings is 1. The zero-order chi connectivity index (χ0) is 14.7. The molecule has 6 heteroatoms. The summed E-state index contributed by atoms with van der Waals surface area (Å²) in [7, 11) is 3.49. The third kappa shape index (κ3) is 3.00. The molecule has 0 aliphatic heterocycles. The van der Waals surface area contributed by atoms with Crippen molar-refractivity contribution in [2.75, 3.05) is 19.5 Å². The number of aromatic nitrogens is 4. The Kier molecular flexibility index (Phi) is 3.79. The Morgan fingerprint density at radius 1 is 1.19 bits per heavy atom. The molecular weight excluding hydrogens is 266 g/mol. The predicted octanol–water partition coefficient (Wildman–Crippen LogP) is 2.13. The van der Waals surface area contributed by atoms with Crippen molar-refractivity contribution in [3.8, 4) is 0 Å². The molecule has 0 aliphatic rings. The van der Waals surface area contributed by atoms with Crippen molar-refractivity contribution < 1.29 is 4.74 Å². The highest BCUT2D eigenvalue weighted by atomic mass is 16.5. The number of methoxy groups -OCH3 is 1. The Bertz CT molecular complexity index is 720. The summed E-state index contributed by atoms with van der Waals surface area (Å²) in [5.41, 5.74) is 2.83. The number of hydrogen-bond donors (Lipinski definition) is 2. The number of aromatic amines is 1. The minimum Gasteiger partial charge on any atom is -0.378 e. The number of fused-ring (bicyclic) bond motifs is 1. The lowest BCUT2D eigenvalue weighted by molar-refractivity contribution is 0.181. The maximum atomic E-state index is 5.14. The van der Waals surface area contributed by atoms with Crippen LogP contribution in [0.2, 0.25) is 0 Å². The van der Waals surface area contributed by atoms with Crippen molar-refractivity contribution in [1.29, 1.82) is 0 Å². The van der Waals surface area contributed by atoms with Gasteiger partial charge in [-0.3, -0.25) is 0 Å². The lowest BCUT2D eigenvalue weighted by Gasteiger charge is -2.06. The van der Waals surface area contributed by atoms with Crippen LogP contribution in [0.25, 0.3) is 11.0 Å². The number of hydrogen-bond acceptors (Lipinski definition) is 5.